The molecular formula is C16H21ClO4. The molecule has 21 heavy (non-hydrogen) atoms. The summed E-state index contributed by atoms with van der Waals surface area (Å²) in [6, 6.07) is 3.11. The lowest BCUT2D eigenvalue weighted by Gasteiger charge is -2.18. The fourth-order valence-electron chi connectivity index (χ4n) is 2.86. The summed E-state index contributed by atoms with van der Waals surface area (Å²) in [5.74, 6) is 1.32. The average Bonchev–Trinajstić information content (AvgIpc) is 2.97. The maximum Gasteiger partial charge on any atom is 0.171 e. The Bertz CT molecular complexity index is 483. The third-order valence-electron chi connectivity index (χ3n) is 3.90. The first-order chi connectivity index (χ1) is 10.1. The van der Waals surface area contributed by atoms with Crippen molar-refractivity contribution in [2.75, 3.05) is 13.7 Å². The molecule has 0 heterocycles. The number of benzene rings is 1. The van der Waals surface area contributed by atoms with Gasteiger partial charge in [0.05, 0.1) is 18.8 Å². The zero-order chi connectivity index (χ0) is 15.2. The Balaban J connectivity index is 1.99. The first kappa shape index (κ1) is 16.1. The van der Waals surface area contributed by atoms with E-state index in [1.165, 1.54) is 38.9 Å². The normalized spacial score (nSPS) is 16.7. The van der Waals surface area contributed by atoms with Gasteiger partial charge in [-0.3, -0.25) is 4.79 Å². The summed E-state index contributed by atoms with van der Waals surface area (Å²) in [6.07, 6.45) is 5.74. The molecule has 1 aliphatic rings. The van der Waals surface area contributed by atoms with E-state index in [-0.39, 0.29) is 6.61 Å². The second kappa shape index (κ2) is 7.66. The van der Waals surface area contributed by atoms with Gasteiger partial charge in [0.15, 0.2) is 17.8 Å². The maximum atomic E-state index is 11.1. The number of hydrogen-bond acceptors (Lipinski definition) is 4. The van der Waals surface area contributed by atoms with Crippen molar-refractivity contribution in [2.24, 2.45) is 5.92 Å². The van der Waals surface area contributed by atoms with Gasteiger partial charge in [-0.1, -0.05) is 37.3 Å². The molecule has 1 saturated carbocycles. The van der Waals surface area contributed by atoms with Gasteiger partial charge in [-0.05, 0) is 18.4 Å². The summed E-state index contributed by atoms with van der Waals surface area (Å²) in [4.78, 5) is 11.1. The molecule has 1 N–H and O–H groups in total. The minimum Gasteiger partial charge on any atom is -0.493 e. The Morgan fingerprint density at radius 2 is 2.14 bits per heavy atom. The first-order valence-corrected chi connectivity index (χ1v) is 7.65. The minimum atomic E-state index is -0.534. The van der Waals surface area contributed by atoms with Crippen LogP contribution in [0, 0.1) is 5.92 Å². The number of hydrogen-bond donors (Lipinski definition) is 1. The zero-order valence-corrected chi connectivity index (χ0v) is 12.9. The second-order valence-corrected chi connectivity index (χ2v) is 5.93. The molecule has 2 rings (SSSR count). The van der Waals surface area contributed by atoms with Crippen LogP contribution in [0.4, 0.5) is 0 Å². The molecule has 4 nitrogen and oxygen atoms in total. The lowest BCUT2D eigenvalue weighted by atomic mass is 10.0. The number of aldehydes is 1. The van der Waals surface area contributed by atoms with Gasteiger partial charge in [-0.15, -0.1) is 0 Å². The highest BCUT2D eigenvalue weighted by Crippen LogP contribution is 2.34. The molecule has 0 spiro atoms. The molecule has 0 amide bonds. The highest BCUT2D eigenvalue weighted by Gasteiger charge is 2.20. The second-order valence-electron chi connectivity index (χ2n) is 5.50. The number of methoxy groups -OCH3 is 1. The van der Waals surface area contributed by atoms with Crippen molar-refractivity contribution in [2.45, 2.75) is 38.2 Å². The number of rotatable bonds is 7. The van der Waals surface area contributed by atoms with Crippen LogP contribution >= 0.6 is 11.6 Å². The Morgan fingerprint density at radius 3 is 2.76 bits per heavy atom. The zero-order valence-electron chi connectivity index (χ0n) is 12.2. The van der Waals surface area contributed by atoms with Gasteiger partial charge in [0.1, 0.15) is 6.61 Å². The number of halogens is 1. The van der Waals surface area contributed by atoms with Crippen molar-refractivity contribution in [1.82, 2.24) is 0 Å². The molecule has 1 atom stereocenters. The van der Waals surface area contributed by atoms with Gasteiger partial charge in [-0.2, -0.15) is 0 Å². The molecule has 0 bridgehead atoms. The van der Waals surface area contributed by atoms with Gasteiger partial charge < -0.3 is 14.6 Å². The van der Waals surface area contributed by atoms with Crippen LogP contribution in [0.5, 0.6) is 11.5 Å². The lowest BCUT2D eigenvalue weighted by molar-refractivity contribution is 0.0832. The highest BCUT2D eigenvalue weighted by atomic mass is 35.5. The van der Waals surface area contributed by atoms with Gasteiger partial charge in [0.2, 0.25) is 0 Å². The first-order valence-electron chi connectivity index (χ1n) is 7.27. The maximum absolute atomic E-state index is 11.1. The Morgan fingerprint density at radius 1 is 1.43 bits per heavy atom. The van der Waals surface area contributed by atoms with Crippen LogP contribution in [-0.4, -0.2) is 31.2 Å². The van der Waals surface area contributed by atoms with Crippen molar-refractivity contribution in [3.05, 3.63) is 22.7 Å². The molecule has 1 aromatic rings. The Kier molecular flexibility index (Phi) is 5.88. The molecular weight excluding hydrogens is 292 g/mol. The molecule has 1 unspecified atom stereocenters. The van der Waals surface area contributed by atoms with E-state index in [2.05, 4.69) is 0 Å². The number of aliphatic hydroxyl groups is 1. The summed E-state index contributed by atoms with van der Waals surface area (Å²) >= 11 is 5.91. The molecule has 1 aromatic carbocycles. The van der Waals surface area contributed by atoms with Crippen LogP contribution in [-0.2, 0) is 0 Å². The van der Waals surface area contributed by atoms with Crippen molar-refractivity contribution in [3.8, 4) is 11.5 Å². The van der Waals surface area contributed by atoms with Crippen LogP contribution < -0.4 is 9.47 Å². The van der Waals surface area contributed by atoms with Crippen molar-refractivity contribution < 1.29 is 19.4 Å². The third-order valence-corrected chi connectivity index (χ3v) is 4.11. The lowest BCUT2D eigenvalue weighted by Crippen LogP contribution is -2.21. The van der Waals surface area contributed by atoms with Crippen LogP contribution in [0.25, 0.3) is 0 Å². The van der Waals surface area contributed by atoms with Gasteiger partial charge >= 0.3 is 0 Å². The molecule has 0 saturated heterocycles. The van der Waals surface area contributed by atoms with E-state index in [0.717, 1.165) is 6.42 Å². The predicted molar refractivity (Wildman–Crippen MR) is 81.5 cm³/mol. The average molecular weight is 313 g/mol. The van der Waals surface area contributed by atoms with Gasteiger partial charge in [0.25, 0.3) is 0 Å². The number of aliphatic hydroxyl groups excluding tert-OH is 1. The quantitative estimate of drug-likeness (QED) is 0.783. The molecule has 0 aromatic heterocycles. The SMILES string of the molecule is COc1cc(Cl)cc(C=O)c1OCC(O)CC1CCCC1. The van der Waals surface area contributed by atoms with Crippen LogP contribution in [0.2, 0.25) is 5.02 Å². The molecule has 0 radical (unpaired) electrons. The summed E-state index contributed by atoms with van der Waals surface area (Å²) in [5.41, 5.74) is 0.326. The summed E-state index contributed by atoms with van der Waals surface area (Å²) in [7, 11) is 1.49. The summed E-state index contributed by atoms with van der Waals surface area (Å²) < 4.78 is 10.8. The smallest absolute Gasteiger partial charge is 0.171 e. The van der Waals surface area contributed by atoms with E-state index in [1.54, 1.807) is 6.07 Å². The van der Waals surface area contributed by atoms with E-state index < -0.39 is 6.10 Å². The van der Waals surface area contributed by atoms with E-state index in [1.807, 2.05) is 0 Å². The molecule has 5 heteroatoms. The Hall–Kier alpha value is -1.26. The third kappa shape index (κ3) is 4.35. The van der Waals surface area contributed by atoms with Crippen molar-refractivity contribution in [3.63, 3.8) is 0 Å². The van der Waals surface area contributed by atoms with E-state index in [0.29, 0.717) is 34.3 Å². The van der Waals surface area contributed by atoms with E-state index >= 15 is 0 Å². The van der Waals surface area contributed by atoms with E-state index in [4.69, 9.17) is 21.1 Å². The molecule has 1 aliphatic carbocycles. The fraction of sp³-hybridized carbons (Fsp3) is 0.562. The summed E-state index contributed by atoms with van der Waals surface area (Å²) in [5, 5.41) is 10.5. The van der Waals surface area contributed by atoms with Gasteiger partial charge in [-0.25, -0.2) is 0 Å². The van der Waals surface area contributed by atoms with Crippen molar-refractivity contribution >= 4 is 17.9 Å². The van der Waals surface area contributed by atoms with E-state index in [9.17, 15) is 9.90 Å². The molecule has 0 aliphatic heterocycles. The van der Waals surface area contributed by atoms with Crippen LogP contribution in [0.1, 0.15) is 42.5 Å². The summed E-state index contributed by atoms with van der Waals surface area (Å²) in [6.45, 7) is 0.148. The van der Waals surface area contributed by atoms with Crippen molar-refractivity contribution in [1.29, 1.82) is 0 Å². The Labute approximate surface area is 130 Å². The predicted octanol–water partition coefficient (Wildman–Crippen LogP) is 3.48. The van der Waals surface area contributed by atoms with Crippen LogP contribution in [0.15, 0.2) is 12.1 Å². The number of carbonyl (C=O) groups is 1. The number of ether oxygens (including phenoxy) is 2. The fourth-order valence-corrected chi connectivity index (χ4v) is 3.08. The standard InChI is InChI=1S/C16H21ClO4/c1-20-15-8-13(17)7-12(9-18)16(15)21-10-14(19)6-11-4-2-3-5-11/h7-9,11,14,19H,2-6,10H2,1H3. The van der Waals surface area contributed by atoms with Crippen LogP contribution in [0.3, 0.4) is 0 Å². The topological polar surface area (TPSA) is 55.8 Å². The minimum absolute atomic E-state index is 0.148. The molecule has 1 fully saturated rings. The van der Waals surface area contributed by atoms with Gasteiger partial charge in [0, 0.05) is 11.1 Å². The monoisotopic (exact) mass is 312 g/mol. The number of carbonyl (C=O) groups excluding carboxylic acids is 1. The molecule has 116 valence electrons. The largest absolute Gasteiger partial charge is 0.493 e. The highest BCUT2D eigenvalue weighted by molar-refractivity contribution is 6.31.